The van der Waals surface area contributed by atoms with Crippen LogP contribution in [0, 0.1) is 0 Å². The fraction of sp³-hybridized carbons (Fsp3) is 0.440. The lowest BCUT2D eigenvalue weighted by Gasteiger charge is -2.33. The molecule has 1 fully saturated rings. The van der Waals surface area contributed by atoms with E-state index in [0.29, 0.717) is 10.6 Å². The summed E-state index contributed by atoms with van der Waals surface area (Å²) >= 11 is 24.8. The SMILES string of the molecule is CC(C(=O)NC1CCCCC1)N(Cc1ccccc1Cl)C(=O)CN(c1cc(Cl)c(Cl)cc1Cl)S(C)(=O)=O. The summed E-state index contributed by atoms with van der Waals surface area (Å²) in [5, 5.41) is 3.69. The molecule has 37 heavy (non-hydrogen) atoms. The highest BCUT2D eigenvalue weighted by atomic mass is 35.5. The zero-order valence-corrected chi connectivity index (χ0v) is 24.4. The van der Waals surface area contributed by atoms with Crippen molar-refractivity contribution >= 4 is 73.9 Å². The maximum atomic E-state index is 13.7. The fourth-order valence-corrected chi connectivity index (χ4v) is 6.00. The van der Waals surface area contributed by atoms with Crippen LogP contribution in [0.25, 0.3) is 0 Å². The van der Waals surface area contributed by atoms with Crippen molar-refractivity contribution in [2.45, 2.75) is 57.7 Å². The number of nitrogens with one attached hydrogen (secondary N) is 1. The van der Waals surface area contributed by atoms with Crippen molar-refractivity contribution in [3.05, 3.63) is 62.1 Å². The first-order chi connectivity index (χ1) is 17.4. The number of rotatable bonds is 9. The number of nitrogens with zero attached hydrogens (tertiary/aromatic N) is 2. The van der Waals surface area contributed by atoms with Gasteiger partial charge in [-0.25, -0.2) is 8.42 Å². The molecule has 12 heteroatoms. The fourth-order valence-electron chi connectivity index (χ4n) is 4.26. The molecule has 1 aliphatic carbocycles. The first-order valence-corrected chi connectivity index (χ1v) is 15.2. The second kappa shape index (κ2) is 12.9. The summed E-state index contributed by atoms with van der Waals surface area (Å²) in [7, 11) is -3.98. The predicted octanol–water partition coefficient (Wildman–Crippen LogP) is 5.93. The summed E-state index contributed by atoms with van der Waals surface area (Å²) in [4.78, 5) is 28.2. The summed E-state index contributed by atoms with van der Waals surface area (Å²) in [6.45, 7) is 1.01. The molecular weight excluding hydrogens is 580 g/mol. The van der Waals surface area contributed by atoms with Crippen molar-refractivity contribution in [2.24, 2.45) is 0 Å². The Labute approximate surface area is 238 Å². The number of sulfonamides is 1. The molecule has 1 atom stereocenters. The van der Waals surface area contributed by atoms with Gasteiger partial charge in [-0.3, -0.25) is 13.9 Å². The number of carbonyl (C=O) groups is 2. The molecule has 2 aromatic carbocycles. The van der Waals surface area contributed by atoms with Gasteiger partial charge < -0.3 is 10.2 Å². The third kappa shape index (κ3) is 7.90. The van der Waals surface area contributed by atoms with Gasteiger partial charge in [0.2, 0.25) is 21.8 Å². The van der Waals surface area contributed by atoms with Crippen LogP contribution in [-0.2, 0) is 26.2 Å². The second-order valence-electron chi connectivity index (χ2n) is 9.12. The smallest absolute Gasteiger partial charge is 0.244 e. The minimum atomic E-state index is -3.98. The highest BCUT2D eigenvalue weighted by Gasteiger charge is 2.32. The van der Waals surface area contributed by atoms with Gasteiger partial charge in [0.15, 0.2) is 0 Å². The van der Waals surface area contributed by atoms with E-state index in [1.807, 2.05) is 0 Å². The number of carbonyl (C=O) groups excluding carboxylic acids is 2. The van der Waals surface area contributed by atoms with Crippen molar-refractivity contribution in [3.63, 3.8) is 0 Å². The Morgan fingerprint density at radius 3 is 2.22 bits per heavy atom. The van der Waals surface area contributed by atoms with E-state index in [1.54, 1.807) is 31.2 Å². The summed E-state index contributed by atoms with van der Waals surface area (Å²) < 4.78 is 26.3. The monoisotopic (exact) mass is 607 g/mol. The van der Waals surface area contributed by atoms with E-state index in [9.17, 15) is 18.0 Å². The van der Waals surface area contributed by atoms with Crippen LogP contribution in [0.2, 0.25) is 20.1 Å². The first kappa shape index (κ1) is 29.8. The van der Waals surface area contributed by atoms with Crippen molar-refractivity contribution in [2.75, 3.05) is 17.1 Å². The maximum Gasteiger partial charge on any atom is 0.244 e. The summed E-state index contributed by atoms with van der Waals surface area (Å²) in [5.74, 6) is -0.926. The lowest BCUT2D eigenvalue weighted by atomic mass is 9.95. The summed E-state index contributed by atoms with van der Waals surface area (Å²) in [6, 6.07) is 8.72. The van der Waals surface area contributed by atoms with E-state index in [4.69, 9.17) is 46.4 Å². The van der Waals surface area contributed by atoms with Gasteiger partial charge in [0.1, 0.15) is 12.6 Å². The van der Waals surface area contributed by atoms with Crippen LogP contribution < -0.4 is 9.62 Å². The van der Waals surface area contributed by atoms with E-state index in [0.717, 1.165) is 42.7 Å². The predicted molar refractivity (Wildman–Crippen MR) is 150 cm³/mol. The average Bonchev–Trinajstić information content (AvgIpc) is 2.84. The number of anilines is 1. The molecule has 7 nitrogen and oxygen atoms in total. The third-order valence-electron chi connectivity index (χ3n) is 6.36. The van der Waals surface area contributed by atoms with Crippen LogP contribution in [-0.4, -0.2) is 50.0 Å². The molecule has 1 unspecified atom stereocenters. The van der Waals surface area contributed by atoms with Crippen LogP contribution in [0.5, 0.6) is 0 Å². The molecule has 0 spiro atoms. The maximum absolute atomic E-state index is 13.7. The molecule has 2 amide bonds. The molecule has 0 bridgehead atoms. The molecule has 3 rings (SSSR count). The van der Waals surface area contributed by atoms with Gasteiger partial charge in [-0.05, 0) is 43.5 Å². The zero-order valence-electron chi connectivity index (χ0n) is 20.5. The van der Waals surface area contributed by atoms with E-state index in [1.165, 1.54) is 17.0 Å². The van der Waals surface area contributed by atoms with Crippen molar-refractivity contribution < 1.29 is 18.0 Å². The number of hydrogen-bond donors (Lipinski definition) is 1. The van der Waals surface area contributed by atoms with Crippen molar-refractivity contribution in [1.29, 1.82) is 0 Å². The van der Waals surface area contributed by atoms with Crippen LogP contribution in [0.15, 0.2) is 36.4 Å². The Morgan fingerprint density at radius 1 is 0.973 bits per heavy atom. The van der Waals surface area contributed by atoms with E-state index < -0.39 is 28.5 Å². The number of benzene rings is 2. The quantitative estimate of drug-likeness (QED) is 0.357. The summed E-state index contributed by atoms with van der Waals surface area (Å²) in [6.07, 6.45) is 5.93. The molecular formula is C25H29Cl4N3O4S. The molecule has 1 aliphatic rings. The topological polar surface area (TPSA) is 86.8 Å². The van der Waals surface area contributed by atoms with E-state index in [2.05, 4.69) is 5.32 Å². The molecule has 0 saturated heterocycles. The molecule has 0 aliphatic heterocycles. The van der Waals surface area contributed by atoms with Gasteiger partial charge in [-0.2, -0.15) is 0 Å². The van der Waals surface area contributed by atoms with Crippen LogP contribution in [0.3, 0.4) is 0 Å². The molecule has 1 saturated carbocycles. The lowest BCUT2D eigenvalue weighted by molar-refractivity contribution is -0.139. The normalized spacial score (nSPS) is 15.2. The third-order valence-corrected chi connectivity index (χ3v) is 8.88. The first-order valence-electron chi connectivity index (χ1n) is 11.8. The highest BCUT2D eigenvalue weighted by Crippen LogP contribution is 2.35. The van der Waals surface area contributed by atoms with Crippen molar-refractivity contribution in [3.8, 4) is 0 Å². The average molecular weight is 609 g/mol. The molecule has 2 aromatic rings. The van der Waals surface area contributed by atoms with Gasteiger partial charge in [0.05, 0.1) is 27.0 Å². The molecule has 0 heterocycles. The van der Waals surface area contributed by atoms with Gasteiger partial charge >= 0.3 is 0 Å². The van der Waals surface area contributed by atoms with Gasteiger partial charge in [0.25, 0.3) is 0 Å². The van der Waals surface area contributed by atoms with E-state index in [-0.39, 0.29) is 39.2 Å². The van der Waals surface area contributed by atoms with Gasteiger partial charge in [-0.15, -0.1) is 0 Å². The molecule has 202 valence electrons. The molecule has 0 radical (unpaired) electrons. The summed E-state index contributed by atoms with van der Waals surface area (Å²) in [5.41, 5.74) is 0.622. The minimum absolute atomic E-state index is 0.00363. The number of halogens is 4. The van der Waals surface area contributed by atoms with E-state index >= 15 is 0 Å². The van der Waals surface area contributed by atoms with Gasteiger partial charge in [-0.1, -0.05) is 83.9 Å². The largest absolute Gasteiger partial charge is 0.352 e. The zero-order chi connectivity index (χ0) is 27.3. The second-order valence-corrected chi connectivity index (χ2v) is 12.7. The van der Waals surface area contributed by atoms with Crippen molar-refractivity contribution in [1.82, 2.24) is 10.2 Å². The van der Waals surface area contributed by atoms with Crippen LogP contribution in [0.4, 0.5) is 5.69 Å². The van der Waals surface area contributed by atoms with Crippen LogP contribution >= 0.6 is 46.4 Å². The number of amides is 2. The lowest BCUT2D eigenvalue weighted by Crippen LogP contribution is -2.53. The Balaban J connectivity index is 1.93. The Bertz CT molecular complexity index is 1250. The Kier molecular flexibility index (Phi) is 10.4. The van der Waals surface area contributed by atoms with Gasteiger partial charge in [0, 0.05) is 17.6 Å². The highest BCUT2D eigenvalue weighted by molar-refractivity contribution is 7.92. The Morgan fingerprint density at radius 2 is 1.59 bits per heavy atom. The molecule has 1 N–H and O–H groups in total. The van der Waals surface area contributed by atoms with Crippen LogP contribution in [0.1, 0.15) is 44.6 Å². The minimum Gasteiger partial charge on any atom is -0.352 e. The standard InChI is InChI=1S/C25H29Cl4N3O4S/c1-16(25(34)30-18-9-4-3-5-10-18)31(14-17-8-6-7-11-19(17)26)24(33)15-32(37(2,35)36)23-13-21(28)20(27)12-22(23)29/h6-8,11-13,16,18H,3-5,9-10,14-15H2,1-2H3,(H,30,34). The Hall–Kier alpha value is -1.71. The molecule has 0 aromatic heterocycles. The number of hydrogen-bond acceptors (Lipinski definition) is 4.